The van der Waals surface area contributed by atoms with Crippen LogP contribution in [0.3, 0.4) is 0 Å². The summed E-state index contributed by atoms with van der Waals surface area (Å²) in [5.74, 6) is 1.50. The summed E-state index contributed by atoms with van der Waals surface area (Å²) >= 11 is 1.45. The summed E-state index contributed by atoms with van der Waals surface area (Å²) in [5.41, 5.74) is 0.781. The van der Waals surface area contributed by atoms with E-state index in [1.165, 1.54) is 20.7 Å². The van der Waals surface area contributed by atoms with Crippen molar-refractivity contribution < 1.29 is 14.4 Å². The van der Waals surface area contributed by atoms with Crippen LogP contribution in [0, 0.1) is 0 Å². The SMILES string of the molecule is COc1ccc(C[NH+](C)Cn2nnn(-c3cccs3)c2=O)c(OC)c1. The van der Waals surface area contributed by atoms with Gasteiger partial charge in [0.25, 0.3) is 0 Å². The number of hydrogen-bond acceptors (Lipinski definition) is 6. The van der Waals surface area contributed by atoms with Crippen molar-refractivity contribution in [3.05, 3.63) is 51.8 Å². The van der Waals surface area contributed by atoms with Gasteiger partial charge in [-0.05, 0) is 40.1 Å². The van der Waals surface area contributed by atoms with Crippen LogP contribution in [0.5, 0.6) is 11.5 Å². The lowest BCUT2D eigenvalue weighted by Gasteiger charge is -2.15. The van der Waals surface area contributed by atoms with Gasteiger partial charge in [-0.2, -0.15) is 0 Å². The molecule has 132 valence electrons. The normalized spacial score (nSPS) is 12.1. The number of methoxy groups -OCH3 is 2. The molecule has 1 atom stereocenters. The quantitative estimate of drug-likeness (QED) is 0.649. The Morgan fingerprint density at radius 1 is 1.20 bits per heavy atom. The minimum absolute atomic E-state index is 0.247. The van der Waals surface area contributed by atoms with Crippen molar-refractivity contribution in [3.8, 4) is 16.5 Å². The van der Waals surface area contributed by atoms with Gasteiger partial charge in [-0.3, -0.25) is 0 Å². The number of aromatic nitrogens is 4. The number of hydrogen-bond donors (Lipinski definition) is 1. The zero-order chi connectivity index (χ0) is 17.8. The van der Waals surface area contributed by atoms with Gasteiger partial charge >= 0.3 is 5.69 Å². The molecule has 2 heterocycles. The molecule has 0 bridgehead atoms. The summed E-state index contributed by atoms with van der Waals surface area (Å²) in [7, 11) is 5.24. The first-order chi connectivity index (χ1) is 12.1. The van der Waals surface area contributed by atoms with E-state index in [-0.39, 0.29) is 5.69 Å². The highest BCUT2D eigenvalue weighted by Gasteiger charge is 2.15. The van der Waals surface area contributed by atoms with Crippen molar-refractivity contribution in [2.75, 3.05) is 21.3 Å². The predicted molar refractivity (Wildman–Crippen MR) is 93.6 cm³/mol. The van der Waals surface area contributed by atoms with Gasteiger partial charge in [0, 0.05) is 11.6 Å². The lowest BCUT2D eigenvalue weighted by atomic mass is 10.2. The van der Waals surface area contributed by atoms with Crippen LogP contribution in [-0.2, 0) is 13.2 Å². The lowest BCUT2D eigenvalue weighted by Crippen LogP contribution is -3.07. The molecule has 0 saturated carbocycles. The summed E-state index contributed by atoms with van der Waals surface area (Å²) < 4.78 is 13.3. The third-order valence-electron chi connectivity index (χ3n) is 3.76. The monoisotopic (exact) mass is 362 g/mol. The van der Waals surface area contributed by atoms with E-state index < -0.39 is 0 Å². The van der Waals surface area contributed by atoms with E-state index in [0.29, 0.717) is 13.2 Å². The van der Waals surface area contributed by atoms with Gasteiger partial charge in [-0.15, -0.1) is 20.7 Å². The number of nitrogens with one attached hydrogen (secondary N) is 1. The number of ether oxygens (including phenoxy) is 2. The molecule has 0 spiro atoms. The summed E-state index contributed by atoms with van der Waals surface area (Å²) in [6.45, 7) is 1.07. The smallest absolute Gasteiger partial charge is 0.374 e. The third kappa shape index (κ3) is 3.72. The molecule has 25 heavy (non-hydrogen) atoms. The highest BCUT2D eigenvalue weighted by molar-refractivity contribution is 7.12. The molecule has 2 aromatic heterocycles. The summed E-state index contributed by atoms with van der Waals surface area (Å²) in [5, 5.41) is 10.6. The van der Waals surface area contributed by atoms with Crippen LogP contribution in [0.25, 0.3) is 5.00 Å². The van der Waals surface area contributed by atoms with Crippen molar-refractivity contribution in [2.24, 2.45) is 0 Å². The Hall–Kier alpha value is -2.65. The highest BCUT2D eigenvalue weighted by atomic mass is 32.1. The van der Waals surface area contributed by atoms with Gasteiger partial charge in [0.1, 0.15) is 23.0 Å². The number of rotatable bonds is 7. The Bertz CT molecular complexity index is 888. The standard InChI is InChI=1S/C16H19N5O3S/c1-19(10-12-6-7-13(23-2)9-14(12)24-3)11-20-16(22)21(18-17-20)15-5-4-8-25-15/h4-9H,10-11H2,1-3H3/p+1. The van der Waals surface area contributed by atoms with E-state index in [2.05, 4.69) is 10.4 Å². The molecule has 1 aromatic carbocycles. The summed E-state index contributed by atoms with van der Waals surface area (Å²) in [6.07, 6.45) is 0. The first kappa shape index (κ1) is 17.2. The molecule has 1 unspecified atom stereocenters. The van der Waals surface area contributed by atoms with Gasteiger partial charge < -0.3 is 14.4 Å². The average molecular weight is 362 g/mol. The van der Waals surface area contributed by atoms with Crippen LogP contribution >= 0.6 is 11.3 Å². The Kier molecular flexibility index (Phi) is 5.15. The largest absolute Gasteiger partial charge is 0.497 e. The molecule has 8 nitrogen and oxygen atoms in total. The molecule has 0 aliphatic carbocycles. The third-order valence-corrected chi connectivity index (χ3v) is 4.60. The van der Waals surface area contributed by atoms with E-state index >= 15 is 0 Å². The van der Waals surface area contributed by atoms with Crippen LogP contribution in [0.15, 0.2) is 40.5 Å². The van der Waals surface area contributed by atoms with Crippen molar-refractivity contribution in [1.29, 1.82) is 0 Å². The predicted octanol–water partition coefficient (Wildman–Crippen LogP) is 0.180. The van der Waals surface area contributed by atoms with E-state index in [0.717, 1.165) is 27.0 Å². The fourth-order valence-electron chi connectivity index (χ4n) is 2.54. The highest BCUT2D eigenvalue weighted by Crippen LogP contribution is 2.23. The second kappa shape index (κ2) is 7.49. The zero-order valence-corrected chi connectivity index (χ0v) is 15.1. The molecule has 9 heteroatoms. The van der Waals surface area contributed by atoms with Gasteiger partial charge in [-0.25, -0.2) is 4.79 Å². The summed E-state index contributed by atoms with van der Waals surface area (Å²) in [4.78, 5) is 13.5. The van der Waals surface area contributed by atoms with E-state index in [4.69, 9.17) is 9.47 Å². The fourth-order valence-corrected chi connectivity index (χ4v) is 3.20. The number of thiophene rings is 1. The molecule has 1 N–H and O–H groups in total. The van der Waals surface area contributed by atoms with Crippen LogP contribution in [0.4, 0.5) is 0 Å². The van der Waals surface area contributed by atoms with Crippen LogP contribution in [0.2, 0.25) is 0 Å². The molecule has 0 amide bonds. The number of quaternary nitrogens is 1. The Morgan fingerprint density at radius 2 is 2.04 bits per heavy atom. The second-order valence-corrected chi connectivity index (χ2v) is 6.52. The molecule has 0 aliphatic rings. The molecule has 0 radical (unpaired) electrons. The van der Waals surface area contributed by atoms with Crippen molar-refractivity contribution in [1.82, 2.24) is 19.8 Å². The maximum absolute atomic E-state index is 12.4. The molecule has 0 aliphatic heterocycles. The van der Waals surface area contributed by atoms with Crippen LogP contribution < -0.4 is 20.1 Å². The van der Waals surface area contributed by atoms with E-state index in [1.54, 1.807) is 14.2 Å². The average Bonchev–Trinajstić information content (AvgIpc) is 3.26. The van der Waals surface area contributed by atoms with Crippen LogP contribution in [0.1, 0.15) is 5.56 Å². The Balaban J connectivity index is 1.73. The molecular weight excluding hydrogens is 342 g/mol. The first-order valence-electron chi connectivity index (χ1n) is 7.71. The minimum Gasteiger partial charge on any atom is -0.497 e. The molecule has 3 rings (SSSR count). The van der Waals surface area contributed by atoms with Gasteiger partial charge in [0.05, 0.1) is 21.3 Å². The molecule has 0 fully saturated rings. The Morgan fingerprint density at radius 3 is 2.72 bits per heavy atom. The van der Waals surface area contributed by atoms with Gasteiger partial charge in [0.2, 0.25) is 0 Å². The maximum atomic E-state index is 12.4. The van der Waals surface area contributed by atoms with Crippen molar-refractivity contribution >= 4 is 11.3 Å². The van der Waals surface area contributed by atoms with Crippen molar-refractivity contribution in [2.45, 2.75) is 13.2 Å². The van der Waals surface area contributed by atoms with E-state index in [9.17, 15) is 4.79 Å². The van der Waals surface area contributed by atoms with Gasteiger partial charge in [-0.1, -0.05) is 0 Å². The second-order valence-electron chi connectivity index (χ2n) is 5.59. The fraction of sp³-hybridized carbons (Fsp3) is 0.312. The first-order valence-corrected chi connectivity index (χ1v) is 8.59. The molecular formula is C16H20N5O3S+. The van der Waals surface area contributed by atoms with Gasteiger partial charge in [0.15, 0.2) is 6.67 Å². The molecule has 3 aromatic rings. The van der Waals surface area contributed by atoms with E-state index in [1.807, 2.05) is 42.8 Å². The number of tetrazole rings is 1. The minimum atomic E-state index is -0.247. The maximum Gasteiger partial charge on any atom is 0.374 e. The molecule has 0 saturated heterocycles. The zero-order valence-electron chi connectivity index (χ0n) is 14.3. The van der Waals surface area contributed by atoms with Crippen LogP contribution in [-0.4, -0.2) is 41.1 Å². The van der Waals surface area contributed by atoms with Crippen molar-refractivity contribution in [3.63, 3.8) is 0 Å². The Labute approximate surface area is 148 Å². The number of nitrogens with zero attached hydrogens (tertiary/aromatic N) is 4. The topological polar surface area (TPSA) is 75.6 Å². The number of benzene rings is 1. The summed E-state index contributed by atoms with van der Waals surface area (Å²) in [6, 6.07) is 9.42. The lowest BCUT2D eigenvalue weighted by molar-refractivity contribution is -0.917.